The molecule has 1 aliphatic rings. The van der Waals surface area contributed by atoms with Crippen LogP contribution in [0.25, 0.3) is 6.08 Å². The van der Waals surface area contributed by atoms with Crippen molar-refractivity contribution >= 4 is 68.1 Å². The second kappa shape index (κ2) is 8.69. The summed E-state index contributed by atoms with van der Waals surface area (Å²) in [4.78, 5) is 26.6. The molecule has 1 aliphatic heterocycles. The summed E-state index contributed by atoms with van der Waals surface area (Å²) in [5.74, 6) is 0.255. The minimum absolute atomic E-state index is 0.0251. The summed E-state index contributed by atoms with van der Waals surface area (Å²) in [7, 11) is 0. The Bertz CT molecular complexity index is 928. The number of halogens is 3. The molecule has 27 heavy (non-hydrogen) atoms. The van der Waals surface area contributed by atoms with Crippen molar-refractivity contribution in [2.24, 2.45) is 0 Å². The summed E-state index contributed by atoms with van der Waals surface area (Å²) in [6, 6.07) is 10.6. The predicted molar refractivity (Wildman–Crippen MR) is 113 cm³/mol. The molecule has 0 unspecified atom stereocenters. The van der Waals surface area contributed by atoms with Crippen molar-refractivity contribution in [3.8, 4) is 5.75 Å². The van der Waals surface area contributed by atoms with Crippen molar-refractivity contribution in [1.82, 2.24) is 4.90 Å². The lowest BCUT2D eigenvalue weighted by Crippen LogP contribution is -2.27. The van der Waals surface area contributed by atoms with Crippen LogP contribution in [-0.2, 0) is 11.3 Å². The van der Waals surface area contributed by atoms with E-state index in [1.165, 1.54) is 0 Å². The van der Waals surface area contributed by atoms with E-state index in [4.69, 9.17) is 27.9 Å². The van der Waals surface area contributed by atoms with Crippen molar-refractivity contribution in [3.05, 3.63) is 66.9 Å². The van der Waals surface area contributed by atoms with Gasteiger partial charge in [0.2, 0.25) is 0 Å². The number of ether oxygens (including phenoxy) is 1. The maximum atomic E-state index is 12.8. The Morgan fingerprint density at radius 2 is 1.89 bits per heavy atom. The van der Waals surface area contributed by atoms with Gasteiger partial charge < -0.3 is 4.74 Å². The van der Waals surface area contributed by atoms with Crippen LogP contribution in [0.4, 0.5) is 4.79 Å². The summed E-state index contributed by atoms with van der Waals surface area (Å²) in [5.41, 5.74) is 1.26. The van der Waals surface area contributed by atoms with Gasteiger partial charge in [0.05, 0.1) is 18.1 Å². The fourth-order valence-electron chi connectivity index (χ4n) is 2.54. The first-order chi connectivity index (χ1) is 12.9. The van der Waals surface area contributed by atoms with Crippen LogP contribution in [0, 0.1) is 0 Å². The summed E-state index contributed by atoms with van der Waals surface area (Å²) in [6.45, 7) is 2.40. The zero-order chi connectivity index (χ0) is 19.6. The molecule has 1 fully saturated rings. The fraction of sp³-hybridized carbons (Fsp3) is 0.158. The first-order valence-electron chi connectivity index (χ1n) is 8.01. The Morgan fingerprint density at radius 3 is 2.56 bits per heavy atom. The molecule has 2 aromatic rings. The molecule has 0 spiro atoms. The minimum atomic E-state index is -0.386. The van der Waals surface area contributed by atoms with Crippen molar-refractivity contribution in [2.45, 2.75) is 13.5 Å². The maximum Gasteiger partial charge on any atom is 0.293 e. The number of amides is 2. The SMILES string of the molecule is CCOc1ccc(Br)cc1/C=C1\SC(=O)N(Cc2c(Cl)cccc2Cl)C1=O. The van der Waals surface area contributed by atoms with Gasteiger partial charge in [0, 0.05) is 25.6 Å². The van der Waals surface area contributed by atoms with E-state index in [0.29, 0.717) is 38.4 Å². The molecule has 2 amide bonds. The van der Waals surface area contributed by atoms with Crippen molar-refractivity contribution in [1.29, 1.82) is 0 Å². The van der Waals surface area contributed by atoms with Crippen molar-refractivity contribution < 1.29 is 14.3 Å². The quantitative estimate of drug-likeness (QED) is 0.459. The molecule has 3 rings (SSSR count). The van der Waals surface area contributed by atoms with E-state index in [1.807, 2.05) is 25.1 Å². The third kappa shape index (κ3) is 4.51. The monoisotopic (exact) mass is 485 g/mol. The predicted octanol–water partition coefficient (Wildman–Crippen LogP) is 6.39. The van der Waals surface area contributed by atoms with E-state index in [-0.39, 0.29) is 17.7 Å². The average Bonchev–Trinajstić information content (AvgIpc) is 2.88. The van der Waals surface area contributed by atoms with Gasteiger partial charge in [-0.25, -0.2) is 0 Å². The number of rotatable bonds is 5. The lowest BCUT2D eigenvalue weighted by molar-refractivity contribution is -0.123. The third-order valence-corrected chi connectivity index (χ3v) is 5.92. The van der Waals surface area contributed by atoms with Gasteiger partial charge in [-0.15, -0.1) is 0 Å². The maximum absolute atomic E-state index is 12.8. The largest absolute Gasteiger partial charge is 0.493 e. The molecule has 0 atom stereocenters. The molecule has 140 valence electrons. The second-order valence-electron chi connectivity index (χ2n) is 5.58. The first-order valence-corrected chi connectivity index (χ1v) is 10.4. The molecule has 1 heterocycles. The average molecular weight is 487 g/mol. The lowest BCUT2D eigenvalue weighted by Gasteiger charge is -2.14. The molecule has 0 aromatic heterocycles. The second-order valence-corrected chi connectivity index (χ2v) is 8.31. The van der Waals surface area contributed by atoms with Crippen LogP contribution in [0.1, 0.15) is 18.1 Å². The Hall–Kier alpha value is -1.47. The van der Waals surface area contributed by atoms with Crippen LogP contribution in [-0.4, -0.2) is 22.7 Å². The topological polar surface area (TPSA) is 46.6 Å². The number of hydrogen-bond acceptors (Lipinski definition) is 4. The molecule has 1 saturated heterocycles. The van der Waals surface area contributed by atoms with E-state index >= 15 is 0 Å². The number of thioether (sulfide) groups is 1. The Kier molecular flexibility index (Phi) is 6.52. The number of hydrogen-bond donors (Lipinski definition) is 0. The Morgan fingerprint density at radius 1 is 1.19 bits per heavy atom. The zero-order valence-corrected chi connectivity index (χ0v) is 18.1. The van der Waals surface area contributed by atoms with Gasteiger partial charge >= 0.3 is 0 Å². The van der Waals surface area contributed by atoms with Crippen LogP contribution in [0.3, 0.4) is 0 Å². The van der Waals surface area contributed by atoms with Crippen LogP contribution < -0.4 is 4.74 Å². The van der Waals surface area contributed by atoms with Gasteiger partial charge in [-0.3, -0.25) is 14.5 Å². The number of imide groups is 1. The van der Waals surface area contributed by atoms with Gasteiger partial charge in [0.1, 0.15) is 5.75 Å². The van der Waals surface area contributed by atoms with E-state index in [2.05, 4.69) is 15.9 Å². The normalized spacial score (nSPS) is 15.7. The third-order valence-electron chi connectivity index (χ3n) is 3.81. The summed E-state index contributed by atoms with van der Waals surface area (Å²) in [6.07, 6.45) is 1.66. The standard InChI is InChI=1S/C19H14BrCl2NO3S/c1-2-26-16-7-6-12(20)8-11(16)9-17-18(24)23(19(25)27-17)10-13-14(21)4-3-5-15(13)22/h3-9H,2,10H2,1H3/b17-9-. The van der Waals surface area contributed by atoms with Crippen LogP contribution in [0.5, 0.6) is 5.75 Å². The highest BCUT2D eigenvalue weighted by molar-refractivity contribution is 9.10. The highest BCUT2D eigenvalue weighted by Crippen LogP contribution is 2.37. The Labute approximate surface area is 179 Å². The summed E-state index contributed by atoms with van der Waals surface area (Å²) >= 11 is 16.6. The van der Waals surface area contributed by atoms with E-state index < -0.39 is 0 Å². The lowest BCUT2D eigenvalue weighted by atomic mass is 10.1. The first kappa shape index (κ1) is 20.3. The number of nitrogens with zero attached hydrogens (tertiary/aromatic N) is 1. The number of benzene rings is 2. The fourth-order valence-corrected chi connectivity index (χ4v) is 4.26. The molecular weight excluding hydrogens is 473 g/mol. The number of carbonyl (C=O) groups is 2. The molecule has 0 N–H and O–H groups in total. The number of carbonyl (C=O) groups excluding carboxylic acids is 2. The van der Waals surface area contributed by atoms with Gasteiger partial charge in [-0.05, 0) is 55.1 Å². The van der Waals surface area contributed by atoms with E-state index in [0.717, 1.165) is 21.1 Å². The smallest absolute Gasteiger partial charge is 0.293 e. The van der Waals surface area contributed by atoms with Crippen LogP contribution >= 0.6 is 50.9 Å². The molecular formula is C19H14BrCl2NO3S. The van der Waals surface area contributed by atoms with Gasteiger partial charge in [0.25, 0.3) is 11.1 Å². The molecule has 0 radical (unpaired) electrons. The van der Waals surface area contributed by atoms with Gasteiger partial charge in [-0.2, -0.15) is 0 Å². The van der Waals surface area contributed by atoms with Crippen LogP contribution in [0.15, 0.2) is 45.8 Å². The van der Waals surface area contributed by atoms with E-state index in [9.17, 15) is 9.59 Å². The molecule has 0 saturated carbocycles. The highest BCUT2D eigenvalue weighted by atomic mass is 79.9. The van der Waals surface area contributed by atoms with Gasteiger partial charge in [0.15, 0.2) is 0 Å². The highest BCUT2D eigenvalue weighted by Gasteiger charge is 2.36. The summed E-state index contributed by atoms with van der Waals surface area (Å²) < 4.78 is 6.45. The summed E-state index contributed by atoms with van der Waals surface area (Å²) in [5, 5.41) is 0.461. The zero-order valence-electron chi connectivity index (χ0n) is 14.2. The van der Waals surface area contributed by atoms with E-state index in [1.54, 1.807) is 24.3 Å². The van der Waals surface area contributed by atoms with Crippen molar-refractivity contribution in [3.63, 3.8) is 0 Å². The molecule has 0 bridgehead atoms. The van der Waals surface area contributed by atoms with Gasteiger partial charge in [-0.1, -0.05) is 45.2 Å². The van der Waals surface area contributed by atoms with Crippen LogP contribution in [0.2, 0.25) is 10.0 Å². The van der Waals surface area contributed by atoms with Crippen molar-refractivity contribution in [2.75, 3.05) is 6.61 Å². The molecule has 8 heteroatoms. The molecule has 0 aliphatic carbocycles. The Balaban J connectivity index is 1.90. The minimum Gasteiger partial charge on any atom is -0.493 e. The molecule has 4 nitrogen and oxygen atoms in total. The molecule has 2 aromatic carbocycles.